The zero-order chi connectivity index (χ0) is 10.8. The van der Waals surface area contributed by atoms with Crippen LogP contribution in [-0.2, 0) is 4.79 Å². The van der Waals surface area contributed by atoms with E-state index in [4.69, 9.17) is 10.9 Å². The van der Waals surface area contributed by atoms with Gasteiger partial charge in [-0.2, -0.15) is 0 Å². The van der Waals surface area contributed by atoms with Gasteiger partial charge in [-0.15, -0.1) is 0 Å². The monoisotopic (exact) mass is 200 g/mol. The summed E-state index contributed by atoms with van der Waals surface area (Å²) in [6.07, 6.45) is 2.31. The lowest BCUT2D eigenvalue weighted by Gasteiger charge is -2.26. The Morgan fingerprint density at radius 2 is 2.00 bits per heavy atom. The Bertz CT molecular complexity index is 208. The van der Waals surface area contributed by atoms with Gasteiger partial charge in [0.25, 0.3) is 0 Å². The van der Waals surface area contributed by atoms with Crippen LogP contribution in [0, 0.1) is 17.3 Å². The Labute approximate surface area is 84.8 Å². The maximum Gasteiger partial charge on any atom is 0.243 e. The normalized spacial score (nSPS) is 37.1. The molecule has 14 heavy (non-hydrogen) atoms. The standard InChI is InChI=1S/C10H20N2O2/c1-7-3-10(6-11,4-8(7)2)5-9(13)12-14/h7-8,14H,3-6,11H2,1-2H3,(H,12,13)/t7-,8+,10+. The molecule has 0 radical (unpaired) electrons. The lowest BCUT2D eigenvalue weighted by molar-refractivity contribution is -0.131. The van der Waals surface area contributed by atoms with Gasteiger partial charge in [0.15, 0.2) is 0 Å². The molecule has 4 heteroatoms. The highest BCUT2D eigenvalue weighted by Crippen LogP contribution is 2.46. The molecule has 0 aromatic rings. The fourth-order valence-electron chi connectivity index (χ4n) is 2.62. The Balaban J connectivity index is 2.64. The first-order valence-electron chi connectivity index (χ1n) is 5.16. The zero-order valence-electron chi connectivity index (χ0n) is 8.92. The predicted octanol–water partition coefficient (Wildman–Crippen LogP) is 0.893. The second kappa shape index (κ2) is 4.28. The number of hydroxylamine groups is 1. The van der Waals surface area contributed by atoms with Gasteiger partial charge in [0.1, 0.15) is 0 Å². The molecule has 0 aliphatic heterocycles. The first kappa shape index (κ1) is 11.5. The topological polar surface area (TPSA) is 75.4 Å². The van der Waals surface area contributed by atoms with Crippen molar-refractivity contribution in [2.75, 3.05) is 6.54 Å². The van der Waals surface area contributed by atoms with Gasteiger partial charge in [-0.1, -0.05) is 13.8 Å². The second-order valence-corrected chi connectivity index (χ2v) is 4.78. The number of rotatable bonds is 3. The Kier molecular flexibility index (Phi) is 3.50. The molecule has 0 saturated heterocycles. The molecule has 1 aliphatic rings. The van der Waals surface area contributed by atoms with E-state index in [9.17, 15) is 4.79 Å². The van der Waals surface area contributed by atoms with E-state index in [1.54, 1.807) is 5.48 Å². The van der Waals surface area contributed by atoms with E-state index in [2.05, 4.69) is 13.8 Å². The van der Waals surface area contributed by atoms with E-state index in [1.165, 1.54) is 0 Å². The third kappa shape index (κ3) is 2.25. The van der Waals surface area contributed by atoms with E-state index in [0.717, 1.165) is 12.8 Å². The molecule has 1 fully saturated rings. The van der Waals surface area contributed by atoms with Gasteiger partial charge in [0.2, 0.25) is 5.91 Å². The van der Waals surface area contributed by atoms with Crippen molar-refractivity contribution in [3.63, 3.8) is 0 Å². The number of nitrogens with one attached hydrogen (secondary N) is 1. The number of hydrogen-bond acceptors (Lipinski definition) is 3. The van der Waals surface area contributed by atoms with Gasteiger partial charge in [-0.05, 0) is 36.6 Å². The van der Waals surface area contributed by atoms with Crippen molar-refractivity contribution in [1.82, 2.24) is 5.48 Å². The summed E-state index contributed by atoms with van der Waals surface area (Å²) in [7, 11) is 0. The first-order chi connectivity index (χ1) is 6.53. The van der Waals surface area contributed by atoms with Crippen LogP contribution in [0.4, 0.5) is 0 Å². The molecule has 0 bridgehead atoms. The predicted molar refractivity (Wildman–Crippen MR) is 53.6 cm³/mol. The van der Waals surface area contributed by atoms with Crippen LogP contribution in [0.5, 0.6) is 0 Å². The highest BCUT2D eigenvalue weighted by atomic mass is 16.5. The lowest BCUT2D eigenvalue weighted by atomic mass is 9.81. The van der Waals surface area contributed by atoms with Crippen LogP contribution in [0.25, 0.3) is 0 Å². The largest absolute Gasteiger partial charge is 0.330 e. The molecule has 0 spiro atoms. The summed E-state index contributed by atoms with van der Waals surface area (Å²) < 4.78 is 0. The summed E-state index contributed by atoms with van der Waals surface area (Å²) in [5.41, 5.74) is 7.33. The molecule has 3 atom stereocenters. The summed E-state index contributed by atoms with van der Waals surface area (Å²) in [4.78, 5) is 11.1. The highest BCUT2D eigenvalue weighted by molar-refractivity contribution is 5.75. The fourth-order valence-corrected chi connectivity index (χ4v) is 2.62. The smallest absolute Gasteiger partial charge is 0.243 e. The van der Waals surface area contributed by atoms with E-state index in [0.29, 0.717) is 24.8 Å². The maximum atomic E-state index is 11.1. The van der Waals surface area contributed by atoms with Crippen molar-refractivity contribution in [2.45, 2.75) is 33.1 Å². The molecule has 82 valence electrons. The van der Waals surface area contributed by atoms with Gasteiger partial charge in [0.05, 0.1) is 0 Å². The Morgan fingerprint density at radius 1 is 1.50 bits per heavy atom. The molecule has 1 rings (SSSR count). The third-order valence-corrected chi connectivity index (χ3v) is 3.57. The van der Waals surface area contributed by atoms with Gasteiger partial charge >= 0.3 is 0 Å². The quantitative estimate of drug-likeness (QED) is 0.468. The van der Waals surface area contributed by atoms with Crippen LogP contribution in [0.3, 0.4) is 0 Å². The van der Waals surface area contributed by atoms with E-state index in [1.807, 2.05) is 0 Å². The fraction of sp³-hybridized carbons (Fsp3) is 0.900. The molecule has 4 nitrogen and oxygen atoms in total. The third-order valence-electron chi connectivity index (χ3n) is 3.57. The van der Waals surface area contributed by atoms with E-state index >= 15 is 0 Å². The van der Waals surface area contributed by atoms with Crippen molar-refractivity contribution in [1.29, 1.82) is 0 Å². The molecule has 0 aromatic carbocycles. The molecular formula is C10H20N2O2. The van der Waals surface area contributed by atoms with Crippen molar-refractivity contribution in [2.24, 2.45) is 23.0 Å². The minimum absolute atomic E-state index is 0.0916. The summed E-state index contributed by atoms with van der Waals surface area (Å²) in [6.45, 7) is 4.91. The summed E-state index contributed by atoms with van der Waals surface area (Å²) >= 11 is 0. The summed E-state index contributed by atoms with van der Waals surface area (Å²) in [5.74, 6) is 0.909. The van der Waals surface area contributed by atoms with Crippen LogP contribution in [0.1, 0.15) is 33.1 Å². The summed E-state index contributed by atoms with van der Waals surface area (Å²) in [5, 5.41) is 8.50. The van der Waals surface area contributed by atoms with Crippen LogP contribution >= 0.6 is 0 Å². The van der Waals surface area contributed by atoms with Crippen LogP contribution in [0.2, 0.25) is 0 Å². The zero-order valence-corrected chi connectivity index (χ0v) is 8.92. The number of hydrogen-bond donors (Lipinski definition) is 3. The van der Waals surface area contributed by atoms with Gasteiger partial charge in [-0.25, -0.2) is 5.48 Å². The molecular weight excluding hydrogens is 180 g/mol. The van der Waals surface area contributed by atoms with Gasteiger partial charge < -0.3 is 5.73 Å². The number of carbonyl (C=O) groups is 1. The van der Waals surface area contributed by atoms with Crippen molar-refractivity contribution < 1.29 is 10.0 Å². The molecule has 0 heterocycles. The van der Waals surface area contributed by atoms with Crippen LogP contribution < -0.4 is 11.2 Å². The van der Waals surface area contributed by atoms with Crippen molar-refractivity contribution in [3.8, 4) is 0 Å². The number of nitrogens with two attached hydrogens (primary N) is 1. The molecule has 1 amide bonds. The second-order valence-electron chi connectivity index (χ2n) is 4.78. The van der Waals surface area contributed by atoms with Gasteiger partial charge in [0, 0.05) is 6.42 Å². The first-order valence-corrected chi connectivity index (χ1v) is 5.16. The minimum Gasteiger partial charge on any atom is -0.330 e. The molecule has 1 aliphatic carbocycles. The summed E-state index contributed by atoms with van der Waals surface area (Å²) in [6, 6.07) is 0. The minimum atomic E-state index is -0.322. The van der Waals surface area contributed by atoms with E-state index in [-0.39, 0.29) is 11.3 Å². The molecule has 0 aromatic heterocycles. The van der Waals surface area contributed by atoms with Crippen molar-refractivity contribution >= 4 is 5.91 Å². The SMILES string of the molecule is C[C@@H]1C[C@@](CN)(CC(=O)NO)C[C@@H]1C. The van der Waals surface area contributed by atoms with E-state index < -0.39 is 0 Å². The highest BCUT2D eigenvalue weighted by Gasteiger charge is 2.41. The Hall–Kier alpha value is -0.610. The van der Waals surface area contributed by atoms with Crippen molar-refractivity contribution in [3.05, 3.63) is 0 Å². The molecule has 4 N–H and O–H groups in total. The number of amides is 1. The maximum absolute atomic E-state index is 11.1. The van der Waals surface area contributed by atoms with Crippen LogP contribution in [0.15, 0.2) is 0 Å². The molecule has 1 saturated carbocycles. The van der Waals surface area contributed by atoms with Gasteiger partial charge in [-0.3, -0.25) is 10.0 Å². The Morgan fingerprint density at radius 3 is 2.36 bits per heavy atom. The average Bonchev–Trinajstić information content (AvgIpc) is 2.43. The lowest BCUT2D eigenvalue weighted by Crippen LogP contribution is -2.34. The molecule has 0 unspecified atom stereocenters. The number of carbonyl (C=O) groups excluding carboxylic acids is 1. The average molecular weight is 200 g/mol. The van der Waals surface area contributed by atoms with Crippen LogP contribution in [-0.4, -0.2) is 17.7 Å².